The van der Waals surface area contributed by atoms with Crippen molar-refractivity contribution in [3.63, 3.8) is 0 Å². The molecule has 4 nitrogen and oxygen atoms in total. The third-order valence-corrected chi connectivity index (χ3v) is 2.62. The topological polar surface area (TPSA) is 58.2 Å². The van der Waals surface area contributed by atoms with E-state index in [1.807, 2.05) is 0 Å². The van der Waals surface area contributed by atoms with E-state index in [1.165, 1.54) is 19.2 Å². The van der Waals surface area contributed by atoms with Crippen LogP contribution in [0.5, 0.6) is 0 Å². The predicted molar refractivity (Wildman–Crippen MR) is 65.6 cm³/mol. The van der Waals surface area contributed by atoms with Crippen LogP contribution in [-0.2, 0) is 6.18 Å². The summed E-state index contributed by atoms with van der Waals surface area (Å²) in [5, 5.41) is 5.04. The smallest absolute Gasteiger partial charge is 0.383 e. The van der Waals surface area contributed by atoms with Crippen molar-refractivity contribution in [1.82, 2.24) is 0 Å². The SMILES string of the molecule is CNc1c(Nc2cccc(C(F)(F)F)c2)c(=O)c1=O. The lowest BCUT2D eigenvalue weighted by molar-refractivity contribution is -0.137. The Bertz CT molecular complexity index is 685. The van der Waals surface area contributed by atoms with E-state index in [1.54, 1.807) is 0 Å². The maximum atomic E-state index is 12.5. The Morgan fingerprint density at radius 1 is 1.05 bits per heavy atom. The molecule has 2 aromatic carbocycles. The summed E-state index contributed by atoms with van der Waals surface area (Å²) >= 11 is 0. The van der Waals surface area contributed by atoms with Gasteiger partial charge < -0.3 is 10.6 Å². The highest BCUT2D eigenvalue weighted by Gasteiger charge is 2.30. The summed E-state index contributed by atoms with van der Waals surface area (Å²) in [7, 11) is 1.45. The third-order valence-electron chi connectivity index (χ3n) is 2.62. The van der Waals surface area contributed by atoms with Crippen LogP contribution in [0.3, 0.4) is 0 Å². The standard InChI is InChI=1S/C12H9F3N2O2/c1-16-8-9(11(19)10(8)18)17-7-4-2-3-6(5-7)12(13,14)15/h2-5,16-17H,1H3. The predicted octanol–water partition coefficient (Wildman–Crippen LogP) is 2.09. The Morgan fingerprint density at radius 3 is 2.26 bits per heavy atom. The molecule has 19 heavy (non-hydrogen) atoms. The molecule has 2 rings (SSSR count). The van der Waals surface area contributed by atoms with E-state index in [9.17, 15) is 22.8 Å². The number of rotatable bonds is 3. The molecule has 7 heteroatoms. The molecule has 0 radical (unpaired) electrons. The van der Waals surface area contributed by atoms with Crippen molar-refractivity contribution in [2.45, 2.75) is 6.18 Å². The van der Waals surface area contributed by atoms with Gasteiger partial charge in [-0.1, -0.05) is 6.07 Å². The van der Waals surface area contributed by atoms with Crippen molar-refractivity contribution in [1.29, 1.82) is 0 Å². The number of anilines is 3. The summed E-state index contributed by atoms with van der Waals surface area (Å²) in [6, 6.07) is 4.39. The molecule has 0 saturated heterocycles. The summed E-state index contributed by atoms with van der Waals surface area (Å²) in [5.41, 5.74) is -2.12. The van der Waals surface area contributed by atoms with Gasteiger partial charge in [0.1, 0.15) is 11.4 Å². The highest BCUT2D eigenvalue weighted by atomic mass is 19.4. The van der Waals surface area contributed by atoms with Crippen LogP contribution >= 0.6 is 0 Å². The molecule has 0 aromatic heterocycles. The van der Waals surface area contributed by atoms with Crippen LogP contribution in [0.25, 0.3) is 0 Å². The summed E-state index contributed by atoms with van der Waals surface area (Å²) in [5.74, 6) is 0. The van der Waals surface area contributed by atoms with Crippen molar-refractivity contribution in [3.05, 3.63) is 50.3 Å². The molecule has 0 aliphatic carbocycles. The zero-order valence-corrected chi connectivity index (χ0v) is 9.76. The molecule has 0 amide bonds. The van der Waals surface area contributed by atoms with E-state index < -0.39 is 22.6 Å². The molecule has 0 unspecified atom stereocenters. The van der Waals surface area contributed by atoms with E-state index >= 15 is 0 Å². The van der Waals surface area contributed by atoms with Gasteiger partial charge in [-0.2, -0.15) is 13.2 Å². The second-order valence-electron chi connectivity index (χ2n) is 3.86. The molecule has 0 saturated carbocycles. The Hall–Kier alpha value is -2.31. The molecule has 100 valence electrons. The number of benzene rings is 1. The van der Waals surface area contributed by atoms with Crippen LogP contribution in [0.15, 0.2) is 33.9 Å². The average molecular weight is 270 g/mol. The van der Waals surface area contributed by atoms with Gasteiger partial charge in [0, 0.05) is 12.7 Å². The molecule has 2 aromatic rings. The Morgan fingerprint density at radius 2 is 1.68 bits per heavy atom. The molecule has 2 N–H and O–H groups in total. The van der Waals surface area contributed by atoms with Crippen molar-refractivity contribution in [3.8, 4) is 0 Å². The van der Waals surface area contributed by atoms with Crippen molar-refractivity contribution >= 4 is 17.1 Å². The van der Waals surface area contributed by atoms with Crippen LogP contribution in [0, 0.1) is 0 Å². The van der Waals surface area contributed by atoms with Crippen LogP contribution in [0.2, 0.25) is 0 Å². The highest BCUT2D eigenvalue weighted by molar-refractivity contribution is 5.78. The van der Waals surface area contributed by atoms with Gasteiger partial charge in [-0.3, -0.25) is 9.59 Å². The summed E-state index contributed by atoms with van der Waals surface area (Å²) in [6.07, 6.45) is -4.46. The van der Waals surface area contributed by atoms with E-state index in [0.717, 1.165) is 12.1 Å². The minimum atomic E-state index is -4.46. The first-order chi connectivity index (χ1) is 8.84. The molecular formula is C12H9F3N2O2. The van der Waals surface area contributed by atoms with E-state index in [4.69, 9.17) is 0 Å². The lowest BCUT2D eigenvalue weighted by atomic mass is 10.1. The van der Waals surface area contributed by atoms with Gasteiger partial charge in [0.05, 0.1) is 5.56 Å². The summed E-state index contributed by atoms with van der Waals surface area (Å²) in [6.45, 7) is 0. The molecule has 0 aliphatic rings. The van der Waals surface area contributed by atoms with Gasteiger partial charge in [0.25, 0.3) is 10.9 Å². The Balaban J connectivity index is 2.32. The lowest BCUT2D eigenvalue weighted by Crippen LogP contribution is -2.35. The lowest BCUT2D eigenvalue weighted by Gasteiger charge is -2.14. The fraction of sp³-hybridized carbons (Fsp3) is 0.167. The van der Waals surface area contributed by atoms with E-state index in [0.29, 0.717) is 0 Å². The summed E-state index contributed by atoms with van der Waals surface area (Å²) in [4.78, 5) is 22.4. The molecule has 0 spiro atoms. The fourth-order valence-corrected chi connectivity index (χ4v) is 1.67. The third kappa shape index (κ3) is 2.31. The quantitative estimate of drug-likeness (QED) is 0.838. The monoisotopic (exact) mass is 270 g/mol. The zero-order chi connectivity index (χ0) is 14.2. The van der Waals surface area contributed by atoms with E-state index in [2.05, 4.69) is 10.6 Å². The Labute approximate surface area is 105 Å². The second kappa shape index (κ2) is 4.42. The normalized spacial score (nSPS) is 11.6. The van der Waals surface area contributed by atoms with Crippen molar-refractivity contribution in [2.24, 2.45) is 0 Å². The molecule has 0 fully saturated rings. The van der Waals surface area contributed by atoms with E-state index in [-0.39, 0.29) is 17.1 Å². The highest BCUT2D eigenvalue weighted by Crippen LogP contribution is 2.31. The molecule has 0 heterocycles. The molecule has 0 bridgehead atoms. The minimum Gasteiger partial charge on any atom is -0.383 e. The number of halogens is 3. The van der Waals surface area contributed by atoms with Crippen molar-refractivity contribution < 1.29 is 13.2 Å². The van der Waals surface area contributed by atoms with Gasteiger partial charge in [0.15, 0.2) is 0 Å². The largest absolute Gasteiger partial charge is 0.416 e. The minimum absolute atomic E-state index is 0.0215. The van der Waals surface area contributed by atoms with Crippen LogP contribution < -0.4 is 21.5 Å². The van der Waals surface area contributed by atoms with Crippen LogP contribution in [-0.4, -0.2) is 7.05 Å². The second-order valence-corrected chi connectivity index (χ2v) is 3.86. The maximum Gasteiger partial charge on any atom is 0.416 e. The molecule has 0 aliphatic heterocycles. The fourth-order valence-electron chi connectivity index (χ4n) is 1.67. The first-order valence-electron chi connectivity index (χ1n) is 5.30. The van der Waals surface area contributed by atoms with Crippen LogP contribution in [0.1, 0.15) is 5.56 Å². The van der Waals surface area contributed by atoms with Gasteiger partial charge in [-0.15, -0.1) is 0 Å². The number of hydrogen-bond acceptors (Lipinski definition) is 4. The number of alkyl halides is 3. The first kappa shape index (κ1) is 13.1. The van der Waals surface area contributed by atoms with Crippen molar-refractivity contribution in [2.75, 3.05) is 17.7 Å². The average Bonchev–Trinajstić information content (AvgIpc) is 2.37. The summed E-state index contributed by atoms with van der Waals surface area (Å²) < 4.78 is 37.5. The van der Waals surface area contributed by atoms with Crippen LogP contribution in [0.4, 0.5) is 30.2 Å². The number of nitrogens with one attached hydrogen (secondary N) is 2. The maximum absolute atomic E-state index is 12.5. The Kier molecular flexibility index (Phi) is 3.05. The van der Waals surface area contributed by atoms with Gasteiger partial charge in [-0.25, -0.2) is 0 Å². The zero-order valence-electron chi connectivity index (χ0n) is 9.76. The first-order valence-corrected chi connectivity index (χ1v) is 5.30. The van der Waals surface area contributed by atoms with Gasteiger partial charge in [-0.05, 0) is 18.2 Å². The van der Waals surface area contributed by atoms with Gasteiger partial charge >= 0.3 is 6.18 Å². The van der Waals surface area contributed by atoms with Gasteiger partial charge in [0.2, 0.25) is 0 Å². The molecule has 0 atom stereocenters. The molecular weight excluding hydrogens is 261 g/mol. The number of hydrogen-bond donors (Lipinski definition) is 2.